The Kier molecular flexibility index (Phi) is 5.26. The van der Waals surface area contributed by atoms with Crippen LogP contribution in [0.1, 0.15) is 30.9 Å². The van der Waals surface area contributed by atoms with Gasteiger partial charge in [-0.1, -0.05) is 12.5 Å². The van der Waals surface area contributed by atoms with E-state index >= 15 is 0 Å². The fourth-order valence-corrected chi connectivity index (χ4v) is 3.60. The number of hydrogen-bond acceptors (Lipinski definition) is 3. The van der Waals surface area contributed by atoms with Gasteiger partial charge in [0.15, 0.2) is 0 Å². The van der Waals surface area contributed by atoms with E-state index < -0.39 is 40.1 Å². The van der Waals surface area contributed by atoms with E-state index in [1.807, 2.05) is 0 Å². The first-order valence-corrected chi connectivity index (χ1v) is 8.22. The van der Waals surface area contributed by atoms with Crippen LogP contribution >= 0.6 is 0 Å². The molecule has 0 radical (unpaired) electrons. The highest BCUT2D eigenvalue weighted by Crippen LogP contribution is 2.20. The van der Waals surface area contributed by atoms with E-state index in [2.05, 4.69) is 4.72 Å². The summed E-state index contributed by atoms with van der Waals surface area (Å²) in [5.74, 6) is -1.81. The van der Waals surface area contributed by atoms with Crippen molar-refractivity contribution in [2.45, 2.75) is 25.4 Å². The second kappa shape index (κ2) is 6.78. The molecule has 0 spiro atoms. The van der Waals surface area contributed by atoms with Gasteiger partial charge in [-0.25, -0.2) is 8.78 Å². The van der Waals surface area contributed by atoms with Crippen LogP contribution in [0.15, 0.2) is 18.2 Å². The molecule has 0 bridgehead atoms. The molecule has 1 fully saturated rings. The maximum Gasteiger partial charge on any atom is 0.279 e. The molecule has 1 unspecified atom stereocenters. The highest BCUT2D eigenvalue weighted by atomic mass is 32.2. The van der Waals surface area contributed by atoms with Gasteiger partial charge in [0.25, 0.3) is 10.2 Å². The minimum Gasteiger partial charge on any atom is -0.387 e. The van der Waals surface area contributed by atoms with Gasteiger partial charge in [0.1, 0.15) is 11.6 Å². The molecular formula is C13H18F2N2O3S. The van der Waals surface area contributed by atoms with Gasteiger partial charge in [0, 0.05) is 19.6 Å². The zero-order valence-corrected chi connectivity index (χ0v) is 12.2. The molecule has 1 aliphatic rings. The lowest BCUT2D eigenvalue weighted by atomic mass is 10.1. The smallest absolute Gasteiger partial charge is 0.279 e. The molecule has 21 heavy (non-hydrogen) atoms. The Bertz CT molecular complexity index is 569. The van der Waals surface area contributed by atoms with E-state index in [9.17, 15) is 22.3 Å². The van der Waals surface area contributed by atoms with E-state index in [0.29, 0.717) is 13.1 Å². The first-order chi connectivity index (χ1) is 9.92. The number of aliphatic hydroxyl groups is 1. The van der Waals surface area contributed by atoms with Gasteiger partial charge in [-0.2, -0.15) is 17.4 Å². The van der Waals surface area contributed by atoms with Crippen LogP contribution in [0.3, 0.4) is 0 Å². The third kappa shape index (κ3) is 3.97. The molecule has 0 aliphatic carbocycles. The summed E-state index contributed by atoms with van der Waals surface area (Å²) in [5.41, 5.74) is -0.529. The van der Waals surface area contributed by atoms with E-state index in [1.165, 1.54) is 10.4 Å². The molecule has 1 aromatic rings. The van der Waals surface area contributed by atoms with Crippen LogP contribution in [0.4, 0.5) is 8.78 Å². The highest BCUT2D eigenvalue weighted by molar-refractivity contribution is 7.87. The van der Waals surface area contributed by atoms with Crippen molar-refractivity contribution < 1.29 is 22.3 Å². The number of halogens is 2. The number of nitrogens with zero attached hydrogens (tertiary/aromatic N) is 1. The Balaban J connectivity index is 2.02. The van der Waals surface area contributed by atoms with E-state index in [1.54, 1.807) is 0 Å². The quantitative estimate of drug-likeness (QED) is 0.860. The summed E-state index contributed by atoms with van der Waals surface area (Å²) in [4.78, 5) is 0. The Labute approximate surface area is 122 Å². The maximum absolute atomic E-state index is 13.5. The molecule has 5 nitrogen and oxygen atoms in total. The molecule has 2 rings (SSSR count). The topological polar surface area (TPSA) is 69.6 Å². The normalized spacial score (nSPS) is 18.6. The fourth-order valence-electron chi connectivity index (χ4n) is 2.31. The van der Waals surface area contributed by atoms with Crippen molar-refractivity contribution in [2.24, 2.45) is 0 Å². The molecule has 0 aromatic heterocycles. The predicted octanol–water partition coefficient (Wildman–Crippen LogP) is 1.32. The SMILES string of the molecule is O=S(=O)(NCC(O)c1c(F)cccc1F)N1CCCCC1. The second-order valence-corrected chi connectivity index (χ2v) is 6.72. The molecule has 1 aliphatic heterocycles. The summed E-state index contributed by atoms with van der Waals surface area (Å²) in [6, 6.07) is 3.21. The van der Waals surface area contributed by atoms with Gasteiger partial charge in [-0.3, -0.25) is 0 Å². The molecule has 2 N–H and O–H groups in total. The molecule has 1 saturated heterocycles. The summed E-state index contributed by atoms with van der Waals surface area (Å²) < 4.78 is 54.5. The van der Waals surface area contributed by atoms with Crippen LogP contribution in [0.2, 0.25) is 0 Å². The third-order valence-electron chi connectivity index (χ3n) is 3.45. The fraction of sp³-hybridized carbons (Fsp3) is 0.538. The van der Waals surface area contributed by atoms with Gasteiger partial charge in [-0.05, 0) is 25.0 Å². The van der Waals surface area contributed by atoms with E-state index in [4.69, 9.17) is 0 Å². The molecule has 1 atom stereocenters. The molecule has 1 heterocycles. The van der Waals surface area contributed by atoms with Crippen LogP contribution in [0.25, 0.3) is 0 Å². The van der Waals surface area contributed by atoms with Crippen LogP contribution in [-0.2, 0) is 10.2 Å². The van der Waals surface area contributed by atoms with Crippen LogP contribution in [-0.4, -0.2) is 37.5 Å². The van der Waals surface area contributed by atoms with Gasteiger partial charge in [0.2, 0.25) is 0 Å². The minimum atomic E-state index is -3.73. The van der Waals surface area contributed by atoms with Crippen LogP contribution in [0.5, 0.6) is 0 Å². The summed E-state index contributed by atoms with van der Waals surface area (Å²) in [7, 11) is -3.73. The van der Waals surface area contributed by atoms with Gasteiger partial charge in [-0.15, -0.1) is 0 Å². The zero-order chi connectivity index (χ0) is 15.5. The largest absolute Gasteiger partial charge is 0.387 e. The minimum absolute atomic E-state index is 0.416. The summed E-state index contributed by atoms with van der Waals surface area (Å²) in [6.07, 6.45) is 0.970. The lowest BCUT2D eigenvalue weighted by Crippen LogP contribution is -2.44. The molecule has 0 saturated carbocycles. The number of nitrogens with one attached hydrogen (secondary N) is 1. The van der Waals surface area contributed by atoms with E-state index in [-0.39, 0.29) is 0 Å². The van der Waals surface area contributed by atoms with Crippen molar-refractivity contribution in [2.75, 3.05) is 19.6 Å². The highest BCUT2D eigenvalue weighted by Gasteiger charge is 2.25. The average molecular weight is 320 g/mol. The molecule has 118 valence electrons. The number of benzene rings is 1. The molecule has 8 heteroatoms. The first kappa shape index (κ1) is 16.3. The van der Waals surface area contributed by atoms with Crippen LogP contribution in [0, 0.1) is 11.6 Å². The summed E-state index contributed by atoms with van der Waals surface area (Å²) >= 11 is 0. The van der Waals surface area contributed by atoms with Crippen molar-refractivity contribution >= 4 is 10.2 Å². The van der Waals surface area contributed by atoms with Crippen molar-refractivity contribution in [1.82, 2.24) is 9.03 Å². The third-order valence-corrected chi connectivity index (χ3v) is 5.02. The van der Waals surface area contributed by atoms with Crippen molar-refractivity contribution in [3.63, 3.8) is 0 Å². The lowest BCUT2D eigenvalue weighted by molar-refractivity contribution is 0.170. The summed E-state index contributed by atoms with van der Waals surface area (Å²) in [6.45, 7) is 0.357. The Morgan fingerprint density at radius 1 is 1.19 bits per heavy atom. The number of aliphatic hydroxyl groups excluding tert-OH is 1. The molecule has 1 aromatic carbocycles. The van der Waals surface area contributed by atoms with Crippen LogP contribution < -0.4 is 4.72 Å². The summed E-state index contributed by atoms with van der Waals surface area (Å²) in [5, 5.41) is 9.82. The van der Waals surface area contributed by atoms with Crippen molar-refractivity contribution in [3.05, 3.63) is 35.4 Å². The van der Waals surface area contributed by atoms with E-state index in [0.717, 1.165) is 31.4 Å². The average Bonchev–Trinajstić information content (AvgIpc) is 2.46. The number of rotatable bonds is 5. The van der Waals surface area contributed by atoms with Gasteiger partial charge in [0.05, 0.1) is 11.7 Å². The Morgan fingerprint density at radius 2 is 1.76 bits per heavy atom. The standard InChI is InChI=1S/C13H18F2N2O3S/c14-10-5-4-6-11(15)13(10)12(18)9-16-21(19,20)17-7-2-1-3-8-17/h4-6,12,16,18H,1-3,7-9H2. The van der Waals surface area contributed by atoms with Gasteiger partial charge >= 0.3 is 0 Å². The van der Waals surface area contributed by atoms with Gasteiger partial charge < -0.3 is 5.11 Å². The lowest BCUT2D eigenvalue weighted by Gasteiger charge is -2.26. The number of piperidine rings is 1. The Morgan fingerprint density at radius 3 is 2.33 bits per heavy atom. The first-order valence-electron chi connectivity index (χ1n) is 6.78. The predicted molar refractivity (Wildman–Crippen MR) is 73.7 cm³/mol. The zero-order valence-electron chi connectivity index (χ0n) is 11.4. The number of hydrogen-bond donors (Lipinski definition) is 2. The molecular weight excluding hydrogens is 302 g/mol. The maximum atomic E-state index is 13.5. The Hall–Kier alpha value is -1.09. The second-order valence-electron chi connectivity index (χ2n) is 4.96. The van der Waals surface area contributed by atoms with Crippen molar-refractivity contribution in [3.8, 4) is 0 Å². The van der Waals surface area contributed by atoms with Crippen molar-refractivity contribution in [1.29, 1.82) is 0 Å². The monoisotopic (exact) mass is 320 g/mol. The molecule has 0 amide bonds.